The van der Waals surface area contributed by atoms with Gasteiger partial charge in [-0.15, -0.1) is 0 Å². The van der Waals surface area contributed by atoms with Gasteiger partial charge in [0.1, 0.15) is 11.4 Å². The Balaban J connectivity index is 1.83. The van der Waals surface area contributed by atoms with E-state index in [1.54, 1.807) is 24.8 Å². The van der Waals surface area contributed by atoms with E-state index in [1.165, 1.54) is 6.92 Å². The third-order valence-corrected chi connectivity index (χ3v) is 6.94. The Kier molecular flexibility index (Phi) is 7.68. The zero-order valence-corrected chi connectivity index (χ0v) is 23.8. The predicted molar refractivity (Wildman–Crippen MR) is 149 cm³/mol. The minimum Gasteiger partial charge on any atom is -0.464 e. The third kappa shape index (κ3) is 5.20. The van der Waals surface area contributed by atoms with Crippen molar-refractivity contribution in [2.75, 3.05) is 13.2 Å². The normalized spacial score (nSPS) is 16.9. The molecule has 8 nitrogen and oxygen atoms in total. The Morgan fingerprint density at radius 3 is 2.28 bits per heavy atom. The summed E-state index contributed by atoms with van der Waals surface area (Å²) in [6, 6.07) is 15.1. The van der Waals surface area contributed by atoms with Crippen LogP contribution in [0, 0.1) is 0 Å². The fourth-order valence-electron chi connectivity index (χ4n) is 5.26. The molecule has 1 aliphatic heterocycles. The summed E-state index contributed by atoms with van der Waals surface area (Å²) in [4.78, 5) is 45.5. The summed E-state index contributed by atoms with van der Waals surface area (Å²) < 4.78 is 13.1. The van der Waals surface area contributed by atoms with E-state index in [9.17, 15) is 14.4 Å². The van der Waals surface area contributed by atoms with E-state index in [2.05, 4.69) is 0 Å². The van der Waals surface area contributed by atoms with E-state index < -0.39 is 17.1 Å². The standard InChI is InChI=1S/C31H37N3O5/c1-8-26-32-25-18-19-33(20(3)35)31(7,29(37)38-9-2)27(25)34(26)22-16-14-21(15-17-22)23-12-10-11-13-24(23)28(36)39-30(4,5)6/h10-17H,8-9,18-19H2,1-7H3. The third-order valence-electron chi connectivity index (χ3n) is 6.94. The van der Waals surface area contributed by atoms with E-state index in [-0.39, 0.29) is 18.5 Å². The SMILES string of the molecule is CCOC(=O)C1(C)c2c(nc(CC)n2-c2ccc(-c3ccccc3C(=O)OC(C)(C)C)cc2)CCN1C(C)=O. The highest BCUT2D eigenvalue weighted by molar-refractivity contribution is 5.97. The lowest BCUT2D eigenvalue weighted by Gasteiger charge is -2.42. The highest BCUT2D eigenvalue weighted by Gasteiger charge is 2.51. The zero-order valence-electron chi connectivity index (χ0n) is 23.8. The number of aromatic nitrogens is 2. The molecule has 206 valence electrons. The van der Waals surface area contributed by atoms with Crippen LogP contribution in [0.5, 0.6) is 0 Å². The Morgan fingerprint density at radius 1 is 1.03 bits per heavy atom. The summed E-state index contributed by atoms with van der Waals surface area (Å²) in [7, 11) is 0. The van der Waals surface area contributed by atoms with Gasteiger partial charge >= 0.3 is 11.9 Å². The van der Waals surface area contributed by atoms with Crippen LogP contribution in [0.4, 0.5) is 0 Å². The fourth-order valence-corrected chi connectivity index (χ4v) is 5.26. The first-order valence-corrected chi connectivity index (χ1v) is 13.4. The summed E-state index contributed by atoms with van der Waals surface area (Å²) in [5, 5.41) is 0. The molecule has 2 heterocycles. The smallest absolute Gasteiger partial charge is 0.339 e. The van der Waals surface area contributed by atoms with Gasteiger partial charge in [-0.3, -0.25) is 9.36 Å². The van der Waals surface area contributed by atoms with Gasteiger partial charge < -0.3 is 14.4 Å². The number of benzene rings is 2. The first kappa shape index (κ1) is 28.1. The van der Waals surface area contributed by atoms with E-state index in [0.717, 1.165) is 28.3 Å². The van der Waals surface area contributed by atoms with Gasteiger partial charge in [-0.05, 0) is 63.9 Å². The van der Waals surface area contributed by atoms with E-state index in [4.69, 9.17) is 14.5 Å². The Hall–Kier alpha value is -3.94. The van der Waals surface area contributed by atoms with Crippen molar-refractivity contribution in [1.29, 1.82) is 0 Å². The number of amides is 1. The van der Waals surface area contributed by atoms with Crippen molar-refractivity contribution in [1.82, 2.24) is 14.5 Å². The van der Waals surface area contributed by atoms with Crippen molar-refractivity contribution in [2.24, 2.45) is 0 Å². The van der Waals surface area contributed by atoms with Crippen LogP contribution in [0.15, 0.2) is 48.5 Å². The average molecular weight is 532 g/mol. The van der Waals surface area contributed by atoms with Crippen molar-refractivity contribution in [2.45, 2.75) is 72.4 Å². The molecule has 0 saturated carbocycles. The topological polar surface area (TPSA) is 90.7 Å². The molecular weight excluding hydrogens is 494 g/mol. The number of aryl methyl sites for hydroxylation is 1. The van der Waals surface area contributed by atoms with Gasteiger partial charge in [-0.1, -0.05) is 37.3 Å². The molecule has 1 aromatic heterocycles. The molecule has 0 N–H and O–H groups in total. The van der Waals surface area contributed by atoms with Gasteiger partial charge in [0.05, 0.1) is 23.6 Å². The van der Waals surface area contributed by atoms with E-state index in [1.807, 2.05) is 74.7 Å². The molecule has 0 spiro atoms. The number of carbonyl (C=O) groups is 3. The zero-order chi connectivity index (χ0) is 28.5. The number of hydrogen-bond acceptors (Lipinski definition) is 6. The highest BCUT2D eigenvalue weighted by Crippen LogP contribution is 2.39. The quantitative estimate of drug-likeness (QED) is 0.404. The first-order valence-electron chi connectivity index (χ1n) is 13.4. The highest BCUT2D eigenvalue weighted by atomic mass is 16.6. The van der Waals surface area contributed by atoms with Gasteiger partial charge in [0.25, 0.3) is 0 Å². The van der Waals surface area contributed by atoms with Crippen molar-refractivity contribution >= 4 is 17.8 Å². The second-order valence-electron chi connectivity index (χ2n) is 10.8. The molecule has 1 atom stereocenters. The van der Waals surface area contributed by atoms with Crippen LogP contribution in [0.2, 0.25) is 0 Å². The van der Waals surface area contributed by atoms with E-state index in [0.29, 0.717) is 30.6 Å². The molecule has 0 bridgehead atoms. The summed E-state index contributed by atoms with van der Waals surface area (Å²) in [5.74, 6) is -0.263. The second kappa shape index (κ2) is 10.7. The maximum absolute atomic E-state index is 13.4. The molecule has 0 radical (unpaired) electrons. The van der Waals surface area contributed by atoms with Crippen molar-refractivity contribution in [3.8, 4) is 16.8 Å². The van der Waals surface area contributed by atoms with Gasteiger partial charge in [0.2, 0.25) is 5.91 Å². The fraction of sp³-hybridized carbons (Fsp3) is 0.419. The summed E-state index contributed by atoms with van der Waals surface area (Å²) in [6.45, 7) is 13.1. The number of esters is 2. The summed E-state index contributed by atoms with van der Waals surface area (Å²) in [6.07, 6.45) is 1.18. The molecule has 1 amide bonds. The number of rotatable bonds is 6. The van der Waals surface area contributed by atoms with Crippen LogP contribution >= 0.6 is 0 Å². The lowest BCUT2D eigenvalue weighted by atomic mass is 9.88. The molecule has 39 heavy (non-hydrogen) atoms. The van der Waals surface area contributed by atoms with Crippen molar-refractivity contribution in [3.63, 3.8) is 0 Å². The number of nitrogens with zero attached hydrogens (tertiary/aromatic N) is 3. The van der Waals surface area contributed by atoms with Gasteiger partial charge in [0.15, 0.2) is 5.54 Å². The van der Waals surface area contributed by atoms with Gasteiger partial charge in [-0.25, -0.2) is 14.6 Å². The van der Waals surface area contributed by atoms with Crippen LogP contribution in [-0.4, -0.2) is 51.0 Å². The largest absolute Gasteiger partial charge is 0.464 e. The van der Waals surface area contributed by atoms with Crippen LogP contribution in [-0.2, 0) is 37.4 Å². The summed E-state index contributed by atoms with van der Waals surface area (Å²) >= 11 is 0. The minimum atomic E-state index is -1.32. The molecule has 1 aliphatic rings. The van der Waals surface area contributed by atoms with Gasteiger partial charge in [0, 0.05) is 32.0 Å². The average Bonchev–Trinajstić information content (AvgIpc) is 3.28. The maximum atomic E-state index is 13.4. The Labute approximate surface area is 229 Å². The number of fused-ring (bicyclic) bond motifs is 1. The van der Waals surface area contributed by atoms with Crippen molar-refractivity contribution < 1.29 is 23.9 Å². The van der Waals surface area contributed by atoms with Crippen LogP contribution in [0.3, 0.4) is 0 Å². The molecular formula is C31H37N3O5. The molecule has 4 rings (SSSR count). The number of imidazole rings is 1. The lowest BCUT2D eigenvalue weighted by Crippen LogP contribution is -2.57. The minimum absolute atomic E-state index is 0.198. The van der Waals surface area contributed by atoms with Gasteiger partial charge in [-0.2, -0.15) is 0 Å². The first-order chi connectivity index (χ1) is 18.4. The lowest BCUT2D eigenvalue weighted by molar-refractivity contribution is -0.164. The number of ether oxygens (including phenoxy) is 2. The Morgan fingerprint density at radius 2 is 1.69 bits per heavy atom. The monoisotopic (exact) mass is 531 g/mol. The molecule has 0 saturated heterocycles. The van der Waals surface area contributed by atoms with Crippen LogP contribution in [0.25, 0.3) is 16.8 Å². The predicted octanol–water partition coefficient (Wildman–Crippen LogP) is 5.24. The van der Waals surface area contributed by atoms with E-state index >= 15 is 0 Å². The number of hydrogen-bond donors (Lipinski definition) is 0. The second-order valence-corrected chi connectivity index (χ2v) is 10.8. The van der Waals surface area contributed by atoms with Crippen LogP contribution in [0.1, 0.15) is 76.0 Å². The molecule has 0 aliphatic carbocycles. The molecule has 3 aromatic rings. The molecule has 8 heteroatoms. The molecule has 2 aromatic carbocycles. The van der Waals surface area contributed by atoms with Crippen molar-refractivity contribution in [3.05, 3.63) is 71.3 Å². The molecule has 0 fully saturated rings. The molecule has 1 unspecified atom stereocenters. The maximum Gasteiger partial charge on any atom is 0.339 e. The van der Waals surface area contributed by atoms with Crippen LogP contribution < -0.4 is 0 Å². The number of carbonyl (C=O) groups excluding carboxylic acids is 3. The summed E-state index contributed by atoms with van der Waals surface area (Å²) in [5.41, 5.74) is 2.43. The Bertz CT molecular complexity index is 1400.